The minimum atomic E-state index is -3.09. The molecule has 3 aliphatic heterocycles. The van der Waals surface area contributed by atoms with Gasteiger partial charge >= 0.3 is 5.97 Å². The number of carboxylic acids is 1. The maximum Gasteiger partial charge on any atom is 0.364 e. The van der Waals surface area contributed by atoms with Crippen molar-refractivity contribution in [2.45, 2.75) is 298 Å². The average Bonchev–Trinajstić information content (AvgIpc) is 2.27. The summed E-state index contributed by atoms with van der Waals surface area (Å²) in [5.74, 6) is -5.74. The quantitative estimate of drug-likeness (QED) is 0.0307. The molecule has 83 heavy (non-hydrogen) atoms. The zero-order valence-corrected chi connectivity index (χ0v) is 49.9. The summed E-state index contributed by atoms with van der Waals surface area (Å²) in [5.41, 5.74) is 0. The van der Waals surface area contributed by atoms with Crippen LogP contribution in [0.25, 0.3) is 0 Å². The van der Waals surface area contributed by atoms with Crippen LogP contribution in [0.2, 0.25) is 0 Å². The van der Waals surface area contributed by atoms with Crippen LogP contribution in [0.4, 0.5) is 0 Å². The molecule has 0 aromatic rings. The third-order valence-corrected chi connectivity index (χ3v) is 16.0. The van der Waals surface area contributed by atoms with E-state index in [-0.39, 0.29) is 12.3 Å². The van der Waals surface area contributed by atoms with Gasteiger partial charge in [-0.15, -0.1) is 0 Å². The number of hydrogen-bond acceptors (Lipinski definition) is 21. The van der Waals surface area contributed by atoms with E-state index in [9.17, 15) is 75.7 Å². The van der Waals surface area contributed by atoms with Crippen LogP contribution in [0.15, 0.2) is 12.2 Å². The van der Waals surface area contributed by atoms with Crippen molar-refractivity contribution in [3.63, 3.8) is 0 Å². The molecule has 3 saturated heterocycles. The Morgan fingerprint density at radius 3 is 1.76 bits per heavy atom. The molecule has 0 spiro atoms. The smallest absolute Gasteiger partial charge is 0.364 e. The fraction of sp³-hybridized carbons (Fsp3) is 0.915. The normalized spacial score (nSPS) is 30.1. The molecule has 3 rings (SSSR count). The summed E-state index contributed by atoms with van der Waals surface area (Å²) in [6, 6.07) is -2.69. The number of amides is 2. The first-order chi connectivity index (χ1) is 39.8. The fourth-order valence-electron chi connectivity index (χ4n) is 10.9. The number of hydrogen-bond donors (Lipinski definition) is 14. The maximum absolute atomic E-state index is 13.4. The summed E-state index contributed by atoms with van der Waals surface area (Å²) < 4.78 is 39.9. The first-order valence-corrected chi connectivity index (χ1v) is 31.0. The number of ether oxygens (including phenoxy) is 7. The minimum Gasteiger partial charge on any atom is -0.477 e. The van der Waals surface area contributed by atoms with Crippen LogP contribution in [-0.4, -0.2) is 229 Å². The lowest BCUT2D eigenvalue weighted by atomic mass is 9.88. The Kier molecular flexibility index (Phi) is 37.4. The van der Waals surface area contributed by atoms with Crippen LogP contribution in [0.5, 0.6) is 0 Å². The predicted octanol–water partition coefficient (Wildman–Crippen LogP) is 2.26. The molecule has 3 heterocycles. The highest BCUT2D eigenvalue weighted by Crippen LogP contribution is 2.39. The number of carboxylic acid groups (broad SMARTS) is 1. The Bertz CT molecular complexity index is 1770. The van der Waals surface area contributed by atoms with E-state index < -0.39 is 161 Å². The Morgan fingerprint density at radius 2 is 1.23 bits per heavy atom. The summed E-state index contributed by atoms with van der Waals surface area (Å²) in [6.45, 7) is 2.42. The van der Waals surface area contributed by atoms with Gasteiger partial charge in [0.25, 0.3) is 5.79 Å². The molecule has 0 aromatic heterocycles. The van der Waals surface area contributed by atoms with E-state index in [0.717, 1.165) is 58.0 Å². The van der Waals surface area contributed by atoms with Crippen molar-refractivity contribution in [1.29, 1.82) is 0 Å². The zero-order chi connectivity index (χ0) is 61.3. The Balaban J connectivity index is 1.70. The highest BCUT2D eigenvalue weighted by Gasteiger charge is 2.60. The molecule has 3 aliphatic rings. The van der Waals surface area contributed by atoms with Crippen LogP contribution in [0.3, 0.4) is 0 Å². The number of carbonyl (C=O) groups excluding carboxylic acids is 2. The van der Waals surface area contributed by atoms with Gasteiger partial charge in [-0.25, -0.2) is 4.79 Å². The van der Waals surface area contributed by atoms with E-state index in [4.69, 9.17) is 33.2 Å². The molecule has 3 fully saturated rings. The van der Waals surface area contributed by atoms with Crippen LogP contribution >= 0.6 is 0 Å². The van der Waals surface area contributed by atoms with Gasteiger partial charge in [-0.2, -0.15) is 0 Å². The Labute approximate surface area is 491 Å². The standard InChI is InChI=1S/C59H108N2O22/c1-5-6-7-8-9-10-11-12-13-14-19-22-25-28-31-45(68)60-39(40(66)30-27-24-21-18-16-15-17-20-23-26-29-38(2)3)37-78-56-51(73)50(72)53(44(35-64)80-56)81-57-52(74)55(49(71)43(34-63)79-57)83-59(58(75)76)32-41(67)47(61-46(69)36-65)54(82-59)48(70)42(33-62)77-4/h27,30,38-44,47-57,62-67,70-74H,5-26,28-29,31-37H2,1-4H3,(H,60,68)(H,61,69)(H,75,76)/b30-27+/t39?,40?,41-,42+,43+,44+,47+,48-,49-,50+,51+,52+,53+,54+,55-,56+,57+,59-/m0/s1. The van der Waals surface area contributed by atoms with Crippen molar-refractivity contribution >= 4 is 17.8 Å². The first kappa shape index (κ1) is 74.7. The van der Waals surface area contributed by atoms with Gasteiger partial charge < -0.3 is 105 Å². The summed E-state index contributed by atoms with van der Waals surface area (Å²) in [6.07, 6.45) is 2.00. The lowest BCUT2D eigenvalue weighted by Crippen LogP contribution is -2.71. The summed E-state index contributed by atoms with van der Waals surface area (Å²) in [7, 11) is 1.09. The van der Waals surface area contributed by atoms with Crippen molar-refractivity contribution in [2.24, 2.45) is 5.92 Å². The molecule has 0 aromatic carbocycles. The highest BCUT2D eigenvalue weighted by atomic mass is 16.8. The molecule has 0 aliphatic carbocycles. The molecule has 486 valence electrons. The van der Waals surface area contributed by atoms with E-state index in [0.29, 0.717) is 12.8 Å². The largest absolute Gasteiger partial charge is 0.477 e. The number of aliphatic hydroxyl groups is 11. The monoisotopic (exact) mass is 1200 g/mol. The Morgan fingerprint density at radius 1 is 0.675 bits per heavy atom. The molecule has 2 amide bonds. The summed E-state index contributed by atoms with van der Waals surface area (Å²) in [5, 5.41) is 136. The van der Waals surface area contributed by atoms with Gasteiger partial charge in [0, 0.05) is 20.0 Å². The van der Waals surface area contributed by atoms with E-state index in [1.165, 1.54) is 96.3 Å². The average molecular weight is 1200 g/mol. The first-order valence-electron chi connectivity index (χ1n) is 31.0. The van der Waals surface area contributed by atoms with E-state index in [1.54, 1.807) is 6.08 Å². The summed E-state index contributed by atoms with van der Waals surface area (Å²) in [4.78, 5) is 38.7. The third kappa shape index (κ3) is 25.6. The highest BCUT2D eigenvalue weighted by molar-refractivity contribution is 5.78. The maximum atomic E-state index is 13.4. The molecule has 0 bridgehead atoms. The van der Waals surface area contributed by atoms with Gasteiger partial charge in [-0.1, -0.05) is 168 Å². The molecule has 24 heteroatoms. The second-order valence-electron chi connectivity index (χ2n) is 23.3. The second-order valence-corrected chi connectivity index (χ2v) is 23.3. The second kappa shape index (κ2) is 41.6. The molecule has 14 N–H and O–H groups in total. The molecule has 18 atom stereocenters. The summed E-state index contributed by atoms with van der Waals surface area (Å²) >= 11 is 0. The number of rotatable bonds is 45. The number of aliphatic carboxylic acids is 1. The van der Waals surface area contributed by atoms with Crippen LogP contribution < -0.4 is 10.6 Å². The van der Waals surface area contributed by atoms with Gasteiger partial charge in [-0.05, 0) is 25.2 Å². The molecule has 2 unspecified atom stereocenters. The van der Waals surface area contributed by atoms with E-state index in [1.807, 2.05) is 6.08 Å². The number of aliphatic hydroxyl groups excluding tert-OH is 11. The van der Waals surface area contributed by atoms with Gasteiger partial charge in [0.15, 0.2) is 12.6 Å². The number of carbonyl (C=O) groups is 3. The fourth-order valence-corrected chi connectivity index (χ4v) is 10.9. The molecular formula is C59H108N2O22. The molecule has 0 saturated carbocycles. The SMILES string of the molecule is CCCCCCCCCCCCCCCCC(=O)NC(CO[C@@H]1O[C@H](CO)[C@@H](O[C@H]2O[C@H](CO)[C@H](O)[C@H](O[C@]3(C(=O)O)C[C@H](O)[C@@H](NC(=O)CO)[C@H]([C@@H](O)[C@@H](CO)OC)O3)[C@H]2O)[C@H](O)[C@H]1O)C(O)/C=C/CCCCCCCCCCC(C)C. The van der Waals surface area contributed by atoms with E-state index in [2.05, 4.69) is 31.4 Å². The van der Waals surface area contributed by atoms with Crippen molar-refractivity contribution in [2.75, 3.05) is 40.1 Å². The molecular weight excluding hydrogens is 1090 g/mol. The lowest BCUT2D eigenvalue weighted by Gasteiger charge is -2.50. The van der Waals surface area contributed by atoms with Crippen LogP contribution in [0.1, 0.15) is 188 Å². The number of unbranched alkanes of at least 4 members (excludes halogenated alkanes) is 21. The lowest BCUT2D eigenvalue weighted by molar-refractivity contribution is -0.386. The van der Waals surface area contributed by atoms with Crippen molar-refractivity contribution in [3.8, 4) is 0 Å². The van der Waals surface area contributed by atoms with Crippen molar-refractivity contribution in [1.82, 2.24) is 10.6 Å². The Hall–Kier alpha value is -2.57. The van der Waals surface area contributed by atoms with Gasteiger partial charge in [-0.3, -0.25) is 9.59 Å². The van der Waals surface area contributed by atoms with E-state index >= 15 is 0 Å². The van der Waals surface area contributed by atoms with Crippen LogP contribution in [-0.2, 0) is 47.5 Å². The van der Waals surface area contributed by atoms with Crippen LogP contribution in [0, 0.1) is 5.92 Å². The zero-order valence-electron chi connectivity index (χ0n) is 49.9. The van der Waals surface area contributed by atoms with Gasteiger partial charge in [0.1, 0.15) is 73.8 Å². The van der Waals surface area contributed by atoms with Crippen molar-refractivity contribution in [3.05, 3.63) is 12.2 Å². The van der Waals surface area contributed by atoms with Gasteiger partial charge in [0.05, 0.1) is 50.7 Å². The third-order valence-electron chi connectivity index (χ3n) is 16.0. The number of methoxy groups -OCH3 is 1. The minimum absolute atomic E-state index is 0.200. The predicted molar refractivity (Wildman–Crippen MR) is 303 cm³/mol. The van der Waals surface area contributed by atoms with Crippen molar-refractivity contribution < 1.29 is 109 Å². The van der Waals surface area contributed by atoms with Gasteiger partial charge in [0.2, 0.25) is 11.8 Å². The molecule has 0 radical (unpaired) electrons. The number of nitrogens with one attached hydrogen (secondary N) is 2. The number of allylic oxidation sites excluding steroid dienone is 1. The topological polar surface area (TPSA) is 383 Å². The molecule has 24 nitrogen and oxygen atoms in total.